The molecule has 2 atom stereocenters. The van der Waals surface area contributed by atoms with E-state index in [1.165, 1.54) is 42.6 Å². The van der Waals surface area contributed by atoms with Gasteiger partial charge in [0, 0.05) is 30.0 Å². The van der Waals surface area contributed by atoms with Crippen molar-refractivity contribution in [2.24, 2.45) is 5.92 Å². The minimum atomic E-state index is -0.635. The van der Waals surface area contributed by atoms with E-state index < -0.39 is 11.6 Å². The minimum Gasteiger partial charge on any atom is -0.497 e. The van der Waals surface area contributed by atoms with E-state index in [4.69, 9.17) is 19.3 Å². The van der Waals surface area contributed by atoms with E-state index >= 15 is 0 Å². The largest absolute Gasteiger partial charge is 0.497 e. The molecule has 6 nitrogen and oxygen atoms in total. The molecule has 2 aliphatic rings. The van der Waals surface area contributed by atoms with Gasteiger partial charge in [-0.2, -0.15) is 0 Å². The number of carboxylic acid groups (broad SMARTS) is 1. The second-order valence-corrected chi connectivity index (χ2v) is 12.6. The van der Waals surface area contributed by atoms with Crippen LogP contribution in [0.1, 0.15) is 94.7 Å². The lowest BCUT2D eigenvalue weighted by molar-refractivity contribution is -0.142. The first-order valence-corrected chi connectivity index (χ1v) is 16.4. The van der Waals surface area contributed by atoms with Crippen molar-refractivity contribution in [2.75, 3.05) is 33.4 Å². The van der Waals surface area contributed by atoms with Gasteiger partial charge in [-0.15, -0.1) is 0 Å². The van der Waals surface area contributed by atoms with Crippen molar-refractivity contribution in [1.82, 2.24) is 4.90 Å². The number of ether oxygens (including phenoxy) is 3. The Morgan fingerprint density at radius 2 is 1.57 bits per heavy atom. The molecule has 3 aromatic carbocycles. The zero-order valence-corrected chi connectivity index (χ0v) is 27.3. The zero-order chi connectivity index (χ0) is 31.5. The van der Waals surface area contributed by atoms with Crippen LogP contribution < -0.4 is 14.2 Å². The first-order valence-electron chi connectivity index (χ1n) is 16.4. The predicted octanol–water partition coefficient (Wildman–Crippen LogP) is 8.54. The van der Waals surface area contributed by atoms with Gasteiger partial charge in [0.25, 0.3) is 0 Å². The molecule has 0 aliphatic carbocycles. The quantitative estimate of drug-likeness (QED) is 0.224. The first kappa shape index (κ1) is 33.4. The molecule has 44 heavy (non-hydrogen) atoms. The molecule has 0 unspecified atom stereocenters. The average molecular weight is 602 g/mol. The van der Waals surface area contributed by atoms with Gasteiger partial charge in [-0.25, -0.2) is 0 Å². The molecule has 1 N–H and O–H groups in total. The molecule has 5 rings (SSSR count). The Morgan fingerprint density at radius 3 is 2.16 bits per heavy atom. The van der Waals surface area contributed by atoms with Gasteiger partial charge >= 0.3 is 5.97 Å². The monoisotopic (exact) mass is 601 g/mol. The molecule has 0 aromatic heterocycles. The van der Waals surface area contributed by atoms with Crippen LogP contribution in [0.5, 0.6) is 17.2 Å². The van der Waals surface area contributed by atoms with Gasteiger partial charge < -0.3 is 19.3 Å². The third-order valence-corrected chi connectivity index (χ3v) is 8.91. The highest BCUT2D eigenvalue weighted by Crippen LogP contribution is 2.53. The highest BCUT2D eigenvalue weighted by atomic mass is 16.5. The fraction of sp³-hybridized carbons (Fsp3) is 0.500. The van der Waals surface area contributed by atoms with Crippen LogP contribution in [0.2, 0.25) is 0 Å². The molecule has 2 heterocycles. The standard InChI is InChI=1S/C30H35NO3.C8H16O2/c1-30(2)29(23-9-5-4-6-10-23)28(26-16-15-25(32-3)21-27(26)34-30)22-11-13-24(14-12-22)33-20-19-31-17-7-8-18-31;1-3-5-7(6-4-2)8(9)10/h4-6,9-16,21,28-29H,7-8,17-20H2,1-3H3;7H,3-6H2,1-2H3,(H,9,10)/t28-,29+;/m0./s1. The smallest absolute Gasteiger partial charge is 0.306 e. The second-order valence-electron chi connectivity index (χ2n) is 12.6. The number of methoxy groups -OCH3 is 1. The summed E-state index contributed by atoms with van der Waals surface area (Å²) in [6, 6.07) is 25.6. The van der Waals surface area contributed by atoms with Crippen molar-refractivity contribution in [3.63, 3.8) is 0 Å². The Kier molecular flexibility index (Phi) is 12.1. The molecule has 238 valence electrons. The topological polar surface area (TPSA) is 68.2 Å². The summed E-state index contributed by atoms with van der Waals surface area (Å²) >= 11 is 0. The number of carbonyl (C=O) groups is 1. The average Bonchev–Trinajstić information content (AvgIpc) is 3.54. The number of fused-ring (bicyclic) bond motifs is 1. The normalized spacial score (nSPS) is 19.0. The number of nitrogens with zero attached hydrogens (tertiary/aromatic N) is 1. The molecular formula is C38H51NO5. The predicted molar refractivity (Wildman–Crippen MR) is 177 cm³/mol. The zero-order valence-electron chi connectivity index (χ0n) is 27.3. The van der Waals surface area contributed by atoms with Crippen LogP contribution in [-0.2, 0) is 4.79 Å². The number of aliphatic carboxylic acids is 1. The Bertz CT molecular complexity index is 1290. The van der Waals surface area contributed by atoms with Crippen LogP contribution in [0.15, 0.2) is 72.8 Å². The van der Waals surface area contributed by atoms with E-state index in [-0.39, 0.29) is 17.8 Å². The van der Waals surface area contributed by atoms with Crippen LogP contribution >= 0.6 is 0 Å². The molecule has 6 heteroatoms. The maximum Gasteiger partial charge on any atom is 0.306 e. The van der Waals surface area contributed by atoms with Crippen molar-refractivity contribution in [3.05, 3.63) is 89.5 Å². The van der Waals surface area contributed by atoms with Gasteiger partial charge in [-0.1, -0.05) is 75.2 Å². The molecular weight excluding hydrogens is 550 g/mol. The van der Waals surface area contributed by atoms with E-state index in [9.17, 15) is 4.79 Å². The summed E-state index contributed by atoms with van der Waals surface area (Å²) in [5.41, 5.74) is 3.35. The van der Waals surface area contributed by atoms with Crippen LogP contribution in [-0.4, -0.2) is 54.9 Å². The summed E-state index contributed by atoms with van der Waals surface area (Å²) in [5, 5.41) is 8.64. The van der Waals surface area contributed by atoms with E-state index in [2.05, 4.69) is 79.4 Å². The molecule has 1 saturated heterocycles. The third-order valence-electron chi connectivity index (χ3n) is 8.91. The van der Waals surface area contributed by atoms with Crippen molar-refractivity contribution < 1.29 is 24.1 Å². The SMILES string of the molecule is CCCC(CCC)C(=O)O.COc1ccc2c(c1)OC(C)(C)[C@H](c1ccccc1)[C@H]2c1ccc(OCCN2CCCC2)cc1. The Morgan fingerprint density at radius 1 is 0.932 bits per heavy atom. The van der Waals surface area contributed by atoms with Gasteiger partial charge in [-0.3, -0.25) is 9.69 Å². The Labute approximate surface area is 264 Å². The lowest BCUT2D eigenvalue weighted by atomic mass is 9.68. The van der Waals surface area contributed by atoms with Crippen LogP contribution in [0.4, 0.5) is 0 Å². The van der Waals surface area contributed by atoms with Gasteiger partial charge in [0.05, 0.1) is 13.0 Å². The van der Waals surface area contributed by atoms with E-state index in [0.717, 1.165) is 56.1 Å². The van der Waals surface area contributed by atoms with Gasteiger partial charge in [-0.05, 0) is 81.9 Å². The van der Waals surface area contributed by atoms with Crippen LogP contribution in [0.3, 0.4) is 0 Å². The number of benzene rings is 3. The summed E-state index contributed by atoms with van der Waals surface area (Å²) < 4.78 is 18.2. The number of hydrogen-bond acceptors (Lipinski definition) is 5. The van der Waals surface area contributed by atoms with E-state index in [0.29, 0.717) is 0 Å². The lowest BCUT2D eigenvalue weighted by Crippen LogP contribution is -2.43. The van der Waals surface area contributed by atoms with Crippen molar-refractivity contribution in [1.29, 1.82) is 0 Å². The summed E-state index contributed by atoms with van der Waals surface area (Å²) in [6.45, 7) is 12.6. The van der Waals surface area contributed by atoms with E-state index in [1.807, 2.05) is 26.0 Å². The van der Waals surface area contributed by atoms with Gasteiger partial charge in [0.2, 0.25) is 0 Å². The number of likely N-dealkylation sites (tertiary alicyclic amines) is 1. The van der Waals surface area contributed by atoms with Crippen molar-refractivity contribution >= 4 is 5.97 Å². The molecule has 0 amide bonds. The van der Waals surface area contributed by atoms with Crippen LogP contribution in [0, 0.1) is 5.92 Å². The minimum absolute atomic E-state index is 0.102. The molecule has 0 saturated carbocycles. The maximum atomic E-state index is 10.5. The molecule has 0 radical (unpaired) electrons. The Hall–Kier alpha value is -3.51. The molecule has 1 fully saturated rings. The van der Waals surface area contributed by atoms with Crippen molar-refractivity contribution in [2.45, 2.75) is 83.7 Å². The van der Waals surface area contributed by atoms with Gasteiger partial charge in [0.15, 0.2) is 0 Å². The molecule has 2 aliphatic heterocycles. The number of rotatable bonds is 12. The summed E-state index contributed by atoms with van der Waals surface area (Å²) in [4.78, 5) is 13.0. The lowest BCUT2D eigenvalue weighted by Gasteiger charge is -2.45. The highest BCUT2D eigenvalue weighted by Gasteiger charge is 2.45. The molecule has 0 bridgehead atoms. The summed E-state index contributed by atoms with van der Waals surface area (Å²) in [7, 11) is 1.70. The summed E-state index contributed by atoms with van der Waals surface area (Å²) in [5.74, 6) is 2.22. The number of hydrogen-bond donors (Lipinski definition) is 1. The maximum absolute atomic E-state index is 10.5. The third kappa shape index (κ3) is 8.56. The van der Waals surface area contributed by atoms with Gasteiger partial charge in [0.1, 0.15) is 29.5 Å². The van der Waals surface area contributed by atoms with Crippen molar-refractivity contribution in [3.8, 4) is 17.2 Å². The summed E-state index contributed by atoms with van der Waals surface area (Å²) in [6.07, 6.45) is 6.21. The van der Waals surface area contributed by atoms with E-state index in [1.54, 1.807) is 7.11 Å². The fourth-order valence-corrected chi connectivity index (χ4v) is 6.70. The highest BCUT2D eigenvalue weighted by molar-refractivity contribution is 5.69. The molecule has 0 spiro atoms. The first-order chi connectivity index (χ1) is 21.3. The second kappa shape index (κ2) is 16.0. The molecule has 3 aromatic rings. The fourth-order valence-electron chi connectivity index (χ4n) is 6.70. The number of carboxylic acids is 1. The Balaban J connectivity index is 0.000000382. The van der Waals surface area contributed by atoms with Crippen LogP contribution in [0.25, 0.3) is 0 Å².